The Balaban J connectivity index is 1.54. The first-order valence-electron chi connectivity index (χ1n) is 8.30. The maximum atomic E-state index is 12.4. The predicted molar refractivity (Wildman–Crippen MR) is 91.8 cm³/mol. The van der Waals surface area contributed by atoms with Crippen LogP contribution < -0.4 is 10.1 Å². The summed E-state index contributed by atoms with van der Waals surface area (Å²) < 4.78 is 66.3. The monoisotopic (exact) mass is 418 g/mol. The summed E-state index contributed by atoms with van der Waals surface area (Å²) in [5, 5.41) is 2.62. The van der Waals surface area contributed by atoms with Gasteiger partial charge in [0.2, 0.25) is 5.91 Å². The van der Waals surface area contributed by atoms with E-state index in [4.69, 9.17) is 0 Å². The van der Waals surface area contributed by atoms with Crippen LogP contribution in [0.4, 0.5) is 18.9 Å². The quantitative estimate of drug-likeness (QED) is 0.776. The van der Waals surface area contributed by atoms with Crippen LogP contribution in [0, 0.1) is 5.92 Å². The zero-order valence-electron chi connectivity index (χ0n) is 14.4. The van der Waals surface area contributed by atoms with Crippen LogP contribution in [0.25, 0.3) is 0 Å². The lowest BCUT2D eigenvalue weighted by molar-refractivity contribution is -0.274. The highest BCUT2D eigenvalue weighted by atomic mass is 32.2. The third-order valence-electron chi connectivity index (χ3n) is 4.27. The second-order valence-electron chi connectivity index (χ2n) is 6.16. The Morgan fingerprint density at radius 2 is 1.86 bits per heavy atom. The molecular formula is C16H17F3N4O4S. The summed E-state index contributed by atoms with van der Waals surface area (Å²) >= 11 is 0. The van der Waals surface area contributed by atoms with E-state index in [1.165, 1.54) is 29.0 Å². The molecule has 152 valence electrons. The number of carbonyl (C=O) groups is 1. The second-order valence-corrected chi connectivity index (χ2v) is 8.06. The molecule has 0 saturated carbocycles. The number of halogens is 3. The molecule has 2 N–H and O–H groups in total. The predicted octanol–water partition coefficient (Wildman–Crippen LogP) is 2.35. The summed E-state index contributed by atoms with van der Waals surface area (Å²) in [5.41, 5.74) is 0.326. The largest absolute Gasteiger partial charge is 0.573 e. The highest BCUT2D eigenvalue weighted by Gasteiger charge is 2.33. The van der Waals surface area contributed by atoms with Gasteiger partial charge in [0.25, 0.3) is 10.0 Å². The van der Waals surface area contributed by atoms with Crippen LogP contribution in [0.5, 0.6) is 5.75 Å². The van der Waals surface area contributed by atoms with Crippen LogP contribution in [0.1, 0.15) is 12.8 Å². The number of amides is 1. The van der Waals surface area contributed by atoms with Gasteiger partial charge in [0.15, 0.2) is 5.03 Å². The highest BCUT2D eigenvalue weighted by molar-refractivity contribution is 7.89. The molecule has 12 heteroatoms. The molecule has 0 unspecified atom stereocenters. The number of ether oxygens (including phenoxy) is 1. The van der Waals surface area contributed by atoms with Crippen molar-refractivity contribution in [3.05, 3.63) is 36.8 Å². The standard InChI is InChI=1S/C16H17F3N4O4S/c17-16(18,19)27-13-3-1-12(2-4-13)22-15(24)11-5-7-23(8-6-11)28(25,26)14-9-20-10-21-14/h1-4,9-11H,5-8H2,(H,20,21)(H,22,24). The summed E-state index contributed by atoms with van der Waals surface area (Å²) in [6.45, 7) is 0.357. The van der Waals surface area contributed by atoms with E-state index in [0.29, 0.717) is 18.5 Å². The van der Waals surface area contributed by atoms with Crippen LogP contribution in [-0.4, -0.2) is 48.1 Å². The van der Waals surface area contributed by atoms with Crippen molar-refractivity contribution in [1.82, 2.24) is 14.3 Å². The van der Waals surface area contributed by atoms with Crippen LogP contribution in [0.3, 0.4) is 0 Å². The van der Waals surface area contributed by atoms with Gasteiger partial charge in [-0.25, -0.2) is 13.4 Å². The molecule has 1 fully saturated rings. The lowest BCUT2D eigenvalue weighted by atomic mass is 9.97. The number of anilines is 1. The molecule has 8 nitrogen and oxygen atoms in total. The zero-order valence-corrected chi connectivity index (χ0v) is 15.3. The molecule has 3 rings (SSSR count). The van der Waals surface area contributed by atoms with Gasteiger partial charge in [-0.3, -0.25) is 4.79 Å². The smallest absolute Gasteiger partial charge is 0.406 e. The number of sulfonamides is 1. The minimum Gasteiger partial charge on any atom is -0.406 e. The molecule has 0 radical (unpaired) electrons. The maximum Gasteiger partial charge on any atom is 0.573 e. The minimum atomic E-state index is -4.78. The number of piperidine rings is 1. The molecule has 0 aliphatic carbocycles. The molecule has 0 spiro atoms. The molecule has 1 aromatic carbocycles. The maximum absolute atomic E-state index is 12.4. The number of carbonyl (C=O) groups excluding carboxylic acids is 1. The Kier molecular flexibility index (Phi) is 5.61. The molecule has 1 saturated heterocycles. The van der Waals surface area contributed by atoms with Crippen molar-refractivity contribution in [2.75, 3.05) is 18.4 Å². The van der Waals surface area contributed by atoms with Gasteiger partial charge in [-0.05, 0) is 37.1 Å². The number of benzene rings is 1. The highest BCUT2D eigenvalue weighted by Crippen LogP contribution is 2.26. The lowest BCUT2D eigenvalue weighted by Crippen LogP contribution is -2.41. The van der Waals surface area contributed by atoms with E-state index < -0.39 is 22.3 Å². The zero-order chi connectivity index (χ0) is 20.4. The number of aromatic nitrogens is 2. The number of alkyl halides is 3. The SMILES string of the molecule is O=C(Nc1ccc(OC(F)(F)F)cc1)C1CCN(S(=O)(=O)c2cnc[nH]2)CC1. The molecule has 2 heterocycles. The number of nitrogens with one attached hydrogen (secondary N) is 2. The first-order valence-corrected chi connectivity index (χ1v) is 9.74. The van der Waals surface area contributed by atoms with E-state index in [1.54, 1.807) is 0 Å². The summed E-state index contributed by atoms with van der Waals surface area (Å²) in [5.74, 6) is -1.11. The van der Waals surface area contributed by atoms with Crippen molar-refractivity contribution >= 4 is 21.6 Å². The molecule has 1 aliphatic rings. The van der Waals surface area contributed by atoms with Crippen molar-refractivity contribution in [3.63, 3.8) is 0 Å². The third kappa shape index (κ3) is 4.81. The average Bonchev–Trinajstić information content (AvgIpc) is 3.18. The number of H-pyrrole nitrogens is 1. The van der Waals surface area contributed by atoms with Gasteiger partial charge < -0.3 is 15.0 Å². The van der Waals surface area contributed by atoms with Crippen LogP contribution in [-0.2, 0) is 14.8 Å². The normalized spacial score (nSPS) is 16.7. The van der Waals surface area contributed by atoms with Gasteiger partial charge in [0.05, 0.1) is 12.5 Å². The number of aromatic amines is 1. The van der Waals surface area contributed by atoms with Gasteiger partial charge in [0, 0.05) is 24.7 Å². The molecular weight excluding hydrogens is 401 g/mol. The van der Waals surface area contributed by atoms with Crippen molar-refractivity contribution in [3.8, 4) is 5.75 Å². The average molecular weight is 418 g/mol. The number of nitrogens with zero attached hydrogens (tertiary/aromatic N) is 2. The van der Waals surface area contributed by atoms with E-state index >= 15 is 0 Å². The van der Waals surface area contributed by atoms with Crippen LogP contribution in [0.15, 0.2) is 41.8 Å². The summed E-state index contributed by atoms with van der Waals surface area (Å²) in [6.07, 6.45) is -1.63. The van der Waals surface area contributed by atoms with Crippen molar-refractivity contribution < 1.29 is 31.1 Å². The first kappa shape index (κ1) is 20.1. The molecule has 1 aromatic heterocycles. The fourth-order valence-corrected chi connectivity index (χ4v) is 4.23. The lowest BCUT2D eigenvalue weighted by Gasteiger charge is -2.30. The summed E-state index contributed by atoms with van der Waals surface area (Å²) in [6, 6.07) is 4.80. The fraction of sp³-hybridized carbons (Fsp3) is 0.375. The Labute approximate surface area is 158 Å². The second kappa shape index (κ2) is 7.80. The van der Waals surface area contributed by atoms with E-state index in [2.05, 4.69) is 20.0 Å². The Morgan fingerprint density at radius 3 is 2.39 bits per heavy atom. The number of rotatable bonds is 5. The first-order chi connectivity index (χ1) is 13.1. The van der Waals surface area contributed by atoms with E-state index in [-0.39, 0.29) is 29.8 Å². The van der Waals surface area contributed by atoms with Gasteiger partial charge in [0.1, 0.15) is 5.75 Å². The minimum absolute atomic E-state index is 0.00318. The Morgan fingerprint density at radius 1 is 1.21 bits per heavy atom. The van der Waals surface area contributed by atoms with Crippen molar-refractivity contribution in [2.45, 2.75) is 24.2 Å². The Hall–Kier alpha value is -2.60. The Bertz CT molecular complexity index is 906. The summed E-state index contributed by atoms with van der Waals surface area (Å²) in [7, 11) is -3.67. The van der Waals surface area contributed by atoms with Gasteiger partial charge in [-0.2, -0.15) is 4.31 Å². The number of hydrogen-bond acceptors (Lipinski definition) is 5. The molecule has 1 aliphatic heterocycles. The molecule has 28 heavy (non-hydrogen) atoms. The van der Waals surface area contributed by atoms with Crippen LogP contribution in [0.2, 0.25) is 0 Å². The molecule has 1 amide bonds. The van der Waals surface area contributed by atoms with Crippen molar-refractivity contribution in [1.29, 1.82) is 0 Å². The molecule has 0 atom stereocenters. The fourth-order valence-electron chi connectivity index (χ4n) is 2.87. The van der Waals surface area contributed by atoms with Gasteiger partial charge >= 0.3 is 6.36 Å². The van der Waals surface area contributed by atoms with E-state index in [9.17, 15) is 26.4 Å². The third-order valence-corrected chi connectivity index (χ3v) is 6.10. The topological polar surface area (TPSA) is 104 Å². The summed E-state index contributed by atoms with van der Waals surface area (Å²) in [4.78, 5) is 18.6. The number of hydrogen-bond donors (Lipinski definition) is 2. The molecule has 2 aromatic rings. The van der Waals surface area contributed by atoms with E-state index in [1.807, 2.05) is 0 Å². The van der Waals surface area contributed by atoms with E-state index in [0.717, 1.165) is 12.1 Å². The van der Waals surface area contributed by atoms with Crippen molar-refractivity contribution in [2.24, 2.45) is 5.92 Å². The van der Waals surface area contributed by atoms with Gasteiger partial charge in [-0.1, -0.05) is 0 Å². The van der Waals surface area contributed by atoms with Gasteiger partial charge in [-0.15, -0.1) is 13.2 Å². The molecule has 0 bridgehead atoms. The number of imidazole rings is 1. The van der Waals surface area contributed by atoms with Crippen LogP contribution >= 0.6 is 0 Å².